The zero-order chi connectivity index (χ0) is 42.4. The van der Waals surface area contributed by atoms with Gasteiger partial charge in [0, 0.05) is 23.4 Å². The molecule has 1 aliphatic carbocycles. The number of carbonyl (C=O) groups excluding carboxylic acids is 4. The number of fused-ring (bicyclic) bond motifs is 8. The number of nitrogens with one attached hydrogen (secondary N) is 3. The number of piperidine rings is 1. The van der Waals surface area contributed by atoms with Crippen LogP contribution in [0.2, 0.25) is 0 Å². The monoisotopic (exact) mass is 821 g/mol. The van der Waals surface area contributed by atoms with Crippen LogP contribution in [-0.2, 0) is 25.6 Å². The molecule has 312 valence electrons. The molecule has 15 heteroatoms. The molecule has 15 nitrogen and oxygen atoms in total. The summed E-state index contributed by atoms with van der Waals surface area (Å²) in [5.41, 5.74) is 5.94. The number of hydrogen-bond acceptors (Lipinski definition) is 9. The fourth-order valence-electron chi connectivity index (χ4n) is 9.43. The molecule has 3 heterocycles. The fraction of sp³-hybridized carbons (Fsp3) is 0.304. The summed E-state index contributed by atoms with van der Waals surface area (Å²) >= 11 is 0. The summed E-state index contributed by atoms with van der Waals surface area (Å²) < 4.78 is 11.2. The molecule has 2 aliphatic rings. The normalized spacial score (nSPS) is 17.6. The van der Waals surface area contributed by atoms with Gasteiger partial charge >= 0.3 is 12.2 Å². The van der Waals surface area contributed by atoms with Gasteiger partial charge in [0.05, 0.1) is 48.9 Å². The van der Waals surface area contributed by atoms with E-state index in [1.807, 2.05) is 54.3 Å². The van der Waals surface area contributed by atoms with Gasteiger partial charge in [-0.3, -0.25) is 9.59 Å². The Morgan fingerprint density at radius 3 is 2.34 bits per heavy atom. The van der Waals surface area contributed by atoms with E-state index in [1.54, 1.807) is 9.58 Å². The largest absolute Gasteiger partial charge is 0.453 e. The topological polar surface area (TPSA) is 190 Å². The number of rotatable bonds is 11. The van der Waals surface area contributed by atoms with Crippen LogP contribution in [0, 0.1) is 5.92 Å². The summed E-state index contributed by atoms with van der Waals surface area (Å²) in [5, 5.41) is 9.18. The average molecular weight is 822 g/mol. The van der Waals surface area contributed by atoms with Crippen LogP contribution in [0.3, 0.4) is 0 Å². The summed E-state index contributed by atoms with van der Waals surface area (Å²) in [6.07, 6.45) is 2.17. The summed E-state index contributed by atoms with van der Waals surface area (Å²) in [5.74, 6) is 7.96. The third kappa shape index (κ3) is 7.19. The number of aromatic amines is 1. The molecule has 5 N–H and O–H groups in total. The molecule has 61 heavy (non-hydrogen) atoms. The van der Waals surface area contributed by atoms with Crippen LogP contribution in [-0.4, -0.2) is 86.8 Å². The molecular weight excluding hydrogens is 775 g/mol. The maximum absolute atomic E-state index is 14.0. The number of nitrogen functional groups attached to an aromatic ring is 1. The van der Waals surface area contributed by atoms with E-state index in [9.17, 15) is 19.2 Å². The summed E-state index contributed by atoms with van der Waals surface area (Å²) in [6, 6.07) is 28.7. The molecule has 1 aliphatic heterocycles. The van der Waals surface area contributed by atoms with Crippen molar-refractivity contribution in [3.05, 3.63) is 108 Å². The first-order valence-electron chi connectivity index (χ1n) is 20.6. The van der Waals surface area contributed by atoms with E-state index in [-0.39, 0.29) is 42.9 Å². The summed E-state index contributed by atoms with van der Waals surface area (Å²) in [6.45, 7) is 2.55. The summed E-state index contributed by atoms with van der Waals surface area (Å²) in [7, 11) is 2.55. The van der Waals surface area contributed by atoms with Crippen LogP contribution in [0.4, 0.5) is 9.59 Å². The number of likely N-dealkylation sites (tertiary alicyclic amines) is 1. The minimum Gasteiger partial charge on any atom is -0.453 e. The molecule has 1 saturated heterocycles. The number of methoxy groups -OCH3 is 2. The molecule has 4 amide bonds. The van der Waals surface area contributed by atoms with Crippen molar-refractivity contribution in [2.24, 2.45) is 5.92 Å². The lowest BCUT2D eigenvalue weighted by atomic mass is 9.97. The van der Waals surface area contributed by atoms with Gasteiger partial charge in [0.1, 0.15) is 18.4 Å². The highest BCUT2D eigenvalue weighted by atomic mass is 16.5. The van der Waals surface area contributed by atoms with E-state index in [1.165, 1.54) is 14.2 Å². The molecule has 0 unspecified atom stereocenters. The Bertz CT molecular complexity index is 2840. The van der Waals surface area contributed by atoms with Gasteiger partial charge in [0.25, 0.3) is 0 Å². The highest BCUT2D eigenvalue weighted by molar-refractivity contribution is 6.08. The smallest absolute Gasteiger partial charge is 0.407 e. The number of hydrogen-bond donors (Lipinski definition) is 4. The molecule has 9 rings (SSSR count). The standard InChI is InChI=1S/C46H47N9O6/c1-4-20-53(44(57)39(52-46(59)61-3)26-8-6-5-7-9-26)25-37-49-35-18-13-29-21-27(11-16-33(29)40(35)51-37)28-12-17-34-30(22-28)14-19-36-42(34)55(47)43(50-36)41-31-10-15-32(23-31)54(41)38(56)24-48-45(58)60-2/h5-9,11-14,16-19,21-22,31-32,39,41H,4,10,15,20,23-25,47H2,1-3H3,(H,48,58)(H,49,51)(H,52,59)/t31-,32+,39+,41-/m0/s1. The number of imidazole rings is 2. The van der Waals surface area contributed by atoms with Crippen LogP contribution in [0.5, 0.6) is 0 Å². The molecule has 1 saturated carbocycles. The van der Waals surface area contributed by atoms with Gasteiger partial charge in [-0.25, -0.2) is 24.2 Å². The number of benzene rings is 5. The Morgan fingerprint density at radius 2 is 1.61 bits per heavy atom. The van der Waals surface area contributed by atoms with Crippen molar-refractivity contribution in [2.75, 3.05) is 33.2 Å². The number of alkyl carbamates (subject to hydrolysis) is 2. The number of H-pyrrole nitrogens is 1. The van der Waals surface area contributed by atoms with Gasteiger partial charge in [0.2, 0.25) is 11.8 Å². The Hall–Kier alpha value is -7.16. The molecule has 0 radical (unpaired) electrons. The van der Waals surface area contributed by atoms with Crippen molar-refractivity contribution in [1.82, 2.24) is 40.1 Å². The second-order valence-corrected chi connectivity index (χ2v) is 15.8. The maximum Gasteiger partial charge on any atom is 0.407 e. The average Bonchev–Trinajstić information content (AvgIpc) is 4.09. The maximum atomic E-state index is 14.0. The van der Waals surface area contributed by atoms with E-state index in [4.69, 9.17) is 20.5 Å². The number of ether oxygens (including phenoxy) is 2. The zero-order valence-electron chi connectivity index (χ0n) is 34.2. The second kappa shape index (κ2) is 16.1. The van der Waals surface area contributed by atoms with Gasteiger partial charge in [-0.1, -0.05) is 73.7 Å². The molecule has 5 aromatic carbocycles. The van der Waals surface area contributed by atoms with Gasteiger partial charge in [-0.15, -0.1) is 0 Å². The minimum atomic E-state index is -0.917. The number of aromatic nitrogens is 4. The van der Waals surface area contributed by atoms with E-state index in [0.29, 0.717) is 23.8 Å². The lowest BCUT2D eigenvalue weighted by Gasteiger charge is -2.34. The molecular formula is C46H47N9O6. The number of amides is 4. The lowest BCUT2D eigenvalue weighted by molar-refractivity contribution is -0.135. The fourth-order valence-corrected chi connectivity index (χ4v) is 9.43. The molecule has 7 aromatic rings. The third-order valence-corrected chi connectivity index (χ3v) is 12.2. The van der Waals surface area contributed by atoms with Crippen molar-refractivity contribution >= 4 is 67.6 Å². The van der Waals surface area contributed by atoms with E-state index < -0.39 is 18.2 Å². The van der Waals surface area contributed by atoms with Crippen LogP contribution in [0.15, 0.2) is 91.0 Å². The molecule has 2 fully saturated rings. The Balaban J connectivity index is 0.983. The van der Waals surface area contributed by atoms with E-state index in [0.717, 1.165) is 80.4 Å². The van der Waals surface area contributed by atoms with Crippen molar-refractivity contribution in [2.45, 2.75) is 57.3 Å². The Kier molecular flexibility index (Phi) is 10.4. The van der Waals surface area contributed by atoms with Crippen molar-refractivity contribution in [1.29, 1.82) is 0 Å². The van der Waals surface area contributed by atoms with Gasteiger partial charge < -0.3 is 40.7 Å². The van der Waals surface area contributed by atoms with E-state index in [2.05, 4.69) is 68.9 Å². The first-order chi connectivity index (χ1) is 29.6. The zero-order valence-corrected chi connectivity index (χ0v) is 34.2. The molecule has 2 aromatic heterocycles. The Morgan fingerprint density at radius 1 is 0.885 bits per heavy atom. The number of nitrogens with two attached hydrogens (primary N) is 1. The van der Waals surface area contributed by atoms with Crippen LogP contribution >= 0.6 is 0 Å². The predicted octanol–water partition coefficient (Wildman–Crippen LogP) is 6.84. The number of carbonyl (C=O) groups is 4. The van der Waals surface area contributed by atoms with Crippen LogP contribution in [0.25, 0.3) is 54.7 Å². The van der Waals surface area contributed by atoms with Gasteiger partial charge in [-0.05, 0) is 83.3 Å². The van der Waals surface area contributed by atoms with E-state index >= 15 is 0 Å². The van der Waals surface area contributed by atoms with Crippen LogP contribution < -0.4 is 16.5 Å². The highest BCUT2D eigenvalue weighted by Gasteiger charge is 2.50. The second-order valence-electron chi connectivity index (χ2n) is 15.8. The quantitative estimate of drug-likeness (QED) is 0.101. The van der Waals surface area contributed by atoms with Gasteiger partial charge in [0.15, 0.2) is 5.82 Å². The molecule has 2 bridgehead atoms. The predicted molar refractivity (Wildman–Crippen MR) is 232 cm³/mol. The first kappa shape index (κ1) is 39.3. The first-order valence-corrected chi connectivity index (χ1v) is 20.6. The van der Waals surface area contributed by atoms with Crippen molar-refractivity contribution in [3.63, 3.8) is 0 Å². The van der Waals surface area contributed by atoms with Crippen molar-refractivity contribution < 1.29 is 28.7 Å². The van der Waals surface area contributed by atoms with Crippen LogP contribution in [0.1, 0.15) is 61.9 Å². The highest BCUT2D eigenvalue weighted by Crippen LogP contribution is 2.50. The number of nitrogens with zero attached hydrogens (tertiary/aromatic N) is 5. The lowest BCUT2D eigenvalue weighted by Crippen LogP contribution is -2.46. The van der Waals surface area contributed by atoms with Gasteiger partial charge in [-0.2, -0.15) is 0 Å². The van der Waals surface area contributed by atoms with Crippen molar-refractivity contribution in [3.8, 4) is 11.1 Å². The SMILES string of the molecule is CCCN(Cc1nc2c(ccc3cc(-c4ccc5c(ccc6nc([C@@H]7[C@H]8CC[C@H](C8)N7C(=O)CNC(=O)OC)n(N)c65)c4)ccc32)[nH]1)C(=O)[C@H](NC(=O)OC)c1ccccc1. The third-order valence-electron chi connectivity index (χ3n) is 12.2. The molecule has 0 spiro atoms. The molecule has 4 atom stereocenters. The minimum absolute atomic E-state index is 0.0810. The summed E-state index contributed by atoms with van der Waals surface area (Å²) in [4.78, 5) is 68.4. The Labute approximate surface area is 351 Å².